The van der Waals surface area contributed by atoms with Crippen LogP contribution in [0.2, 0.25) is 0 Å². The average Bonchev–Trinajstić information content (AvgIpc) is 1.05. The number of phosphoric ester groups is 2. The topological polar surface area (TPSA) is 237 Å². The highest BCUT2D eigenvalue weighted by atomic mass is 31.2. The maximum absolute atomic E-state index is 13.1. The Kier molecular flexibility index (Phi) is 69.6. The summed E-state index contributed by atoms with van der Waals surface area (Å²) in [5, 5.41) is 10.7. The van der Waals surface area contributed by atoms with Crippen LogP contribution in [0.5, 0.6) is 0 Å². The van der Waals surface area contributed by atoms with Crippen LogP contribution >= 0.6 is 15.6 Å². The molecule has 0 saturated carbocycles. The lowest BCUT2D eigenvalue weighted by molar-refractivity contribution is -0.161. The van der Waals surface area contributed by atoms with Gasteiger partial charge in [-0.25, -0.2) is 9.13 Å². The number of hydrogen-bond donors (Lipinski definition) is 3. The maximum Gasteiger partial charge on any atom is 0.472 e. The molecule has 0 heterocycles. The van der Waals surface area contributed by atoms with E-state index in [1.807, 2.05) is 0 Å². The molecule has 17 nitrogen and oxygen atoms in total. The fourth-order valence-corrected chi connectivity index (χ4v) is 14.2. The van der Waals surface area contributed by atoms with E-state index in [4.69, 9.17) is 37.0 Å². The van der Waals surface area contributed by atoms with Crippen molar-refractivity contribution in [2.75, 3.05) is 39.6 Å². The van der Waals surface area contributed by atoms with E-state index in [2.05, 4.69) is 55.4 Å². The van der Waals surface area contributed by atoms with Crippen LogP contribution in [0.25, 0.3) is 0 Å². The summed E-state index contributed by atoms with van der Waals surface area (Å²) < 4.78 is 68.8. The van der Waals surface area contributed by atoms with E-state index in [0.29, 0.717) is 25.7 Å². The number of aliphatic hydroxyl groups excluding tert-OH is 1. The van der Waals surface area contributed by atoms with Crippen molar-refractivity contribution >= 4 is 39.5 Å². The van der Waals surface area contributed by atoms with Gasteiger partial charge in [0, 0.05) is 25.7 Å². The van der Waals surface area contributed by atoms with Gasteiger partial charge in [-0.3, -0.25) is 37.3 Å². The average molecular weight is 1480 g/mol. The Balaban J connectivity index is 5.27. The van der Waals surface area contributed by atoms with Gasteiger partial charge in [-0.2, -0.15) is 0 Å². The van der Waals surface area contributed by atoms with Crippen molar-refractivity contribution < 1.29 is 80.2 Å². The molecule has 0 radical (unpaired) electrons. The van der Waals surface area contributed by atoms with E-state index in [0.717, 1.165) is 114 Å². The summed E-state index contributed by atoms with van der Waals surface area (Å²) >= 11 is 0. The first-order chi connectivity index (χ1) is 48.6. The number of hydrogen-bond acceptors (Lipinski definition) is 15. The minimum Gasteiger partial charge on any atom is -0.462 e. The second kappa shape index (κ2) is 71.0. The number of ether oxygens (including phenoxy) is 4. The fraction of sp³-hybridized carbons (Fsp3) is 0.951. The van der Waals surface area contributed by atoms with Gasteiger partial charge >= 0.3 is 39.5 Å². The van der Waals surface area contributed by atoms with Crippen LogP contribution in [0.1, 0.15) is 421 Å². The first-order valence-corrected chi connectivity index (χ1v) is 45.2. The van der Waals surface area contributed by atoms with Gasteiger partial charge in [-0.15, -0.1) is 0 Å². The predicted molar refractivity (Wildman–Crippen MR) is 414 cm³/mol. The molecule has 0 rings (SSSR count). The van der Waals surface area contributed by atoms with Crippen molar-refractivity contribution in [3.05, 3.63) is 0 Å². The van der Waals surface area contributed by atoms with E-state index in [1.54, 1.807) is 0 Å². The SMILES string of the molecule is CC(C)CCCCCCCCCCCCCCCCC(=O)OC[C@H](COP(=O)(O)OC[C@@H](O)COP(=O)(O)OC[C@@H](COC(=O)CCCCCCCCCCCC(C)C)OC(=O)CCCCCCCCCCCCCCC(C)C)OC(=O)CCCCCCCCCCCCCCCCC(C)C. The molecule has 0 saturated heterocycles. The van der Waals surface area contributed by atoms with Crippen LogP contribution in [0.3, 0.4) is 0 Å². The molecule has 0 amide bonds. The van der Waals surface area contributed by atoms with Crippen molar-refractivity contribution in [3.63, 3.8) is 0 Å². The summed E-state index contributed by atoms with van der Waals surface area (Å²) in [7, 11) is -9.93. The first-order valence-electron chi connectivity index (χ1n) is 42.2. The van der Waals surface area contributed by atoms with Gasteiger partial charge in [-0.05, 0) is 49.4 Å². The number of unbranched alkanes of at least 4 members (excludes halogenated alkanes) is 45. The molecule has 101 heavy (non-hydrogen) atoms. The third-order valence-electron chi connectivity index (χ3n) is 19.1. The number of carbonyl (C=O) groups excluding carboxylic acids is 4. The maximum atomic E-state index is 13.1. The van der Waals surface area contributed by atoms with E-state index in [1.165, 1.54) is 225 Å². The fourth-order valence-electron chi connectivity index (χ4n) is 12.6. The predicted octanol–water partition coefficient (Wildman–Crippen LogP) is 24.4. The molecule has 600 valence electrons. The molecule has 0 aliphatic rings. The third-order valence-corrected chi connectivity index (χ3v) is 21.0. The molecule has 5 atom stereocenters. The second-order valence-corrected chi connectivity index (χ2v) is 34.3. The molecule has 0 bridgehead atoms. The molecule has 0 fully saturated rings. The zero-order chi connectivity index (χ0) is 74.6. The number of carbonyl (C=O) groups is 4. The van der Waals surface area contributed by atoms with Gasteiger partial charge in [0.15, 0.2) is 12.2 Å². The van der Waals surface area contributed by atoms with E-state index < -0.39 is 97.5 Å². The van der Waals surface area contributed by atoms with Crippen LogP contribution in [0, 0.1) is 23.7 Å². The Labute approximate surface area is 619 Å². The van der Waals surface area contributed by atoms with Crippen LogP contribution < -0.4 is 0 Å². The Morgan fingerprint density at radius 2 is 0.416 bits per heavy atom. The smallest absolute Gasteiger partial charge is 0.462 e. The molecule has 0 aliphatic heterocycles. The second-order valence-electron chi connectivity index (χ2n) is 31.4. The van der Waals surface area contributed by atoms with Gasteiger partial charge in [0.05, 0.1) is 26.4 Å². The lowest BCUT2D eigenvalue weighted by Crippen LogP contribution is -2.30. The van der Waals surface area contributed by atoms with Gasteiger partial charge in [0.1, 0.15) is 19.3 Å². The van der Waals surface area contributed by atoms with Crippen LogP contribution in [0.15, 0.2) is 0 Å². The van der Waals surface area contributed by atoms with Crippen LogP contribution in [-0.4, -0.2) is 96.7 Å². The van der Waals surface area contributed by atoms with E-state index >= 15 is 0 Å². The molecule has 0 aromatic rings. The normalized spacial score (nSPS) is 14.0. The summed E-state index contributed by atoms with van der Waals surface area (Å²) in [6.45, 7) is 14.3. The molecule has 0 aromatic heterocycles. The van der Waals surface area contributed by atoms with Gasteiger partial charge in [-0.1, -0.05) is 370 Å². The van der Waals surface area contributed by atoms with E-state index in [-0.39, 0.29) is 25.7 Å². The molecule has 3 N–H and O–H groups in total. The van der Waals surface area contributed by atoms with Crippen molar-refractivity contribution in [1.29, 1.82) is 0 Å². The number of rotatable bonds is 79. The lowest BCUT2D eigenvalue weighted by atomic mass is 10.0. The summed E-state index contributed by atoms with van der Waals surface area (Å²) in [6, 6.07) is 0. The summed E-state index contributed by atoms with van der Waals surface area (Å²) in [5.41, 5.74) is 0. The highest BCUT2D eigenvalue weighted by molar-refractivity contribution is 7.47. The third kappa shape index (κ3) is 76.1. The minimum absolute atomic E-state index is 0.106. The van der Waals surface area contributed by atoms with Crippen molar-refractivity contribution in [1.82, 2.24) is 0 Å². The first kappa shape index (κ1) is 99.1. The molecule has 0 aliphatic carbocycles. The highest BCUT2D eigenvalue weighted by Gasteiger charge is 2.30. The number of aliphatic hydroxyl groups is 1. The molecular weight excluding hydrogens is 1320 g/mol. The van der Waals surface area contributed by atoms with Gasteiger partial charge < -0.3 is 33.8 Å². The quantitative estimate of drug-likeness (QED) is 0.0222. The largest absolute Gasteiger partial charge is 0.472 e. The molecule has 0 spiro atoms. The number of esters is 4. The lowest BCUT2D eigenvalue weighted by Gasteiger charge is -2.21. The minimum atomic E-state index is -4.96. The standard InChI is InChI=1S/C82H160O17P2/c1-72(2)58-50-42-34-26-19-13-9-11-15-22-30-38-46-54-62-79(84)92-68-77(98-81(86)64-56-48-40-31-23-16-12-10-14-20-27-35-43-51-59-73(3)4)70-96-100(88,89)94-66-76(83)67-95-101(90,91)97-71-78(69-93-80(85)63-55-47-39-33-25-29-37-45-53-61-75(7)8)99-82(87)65-57-49-41-32-24-18-17-21-28-36-44-52-60-74(5)6/h72-78,83H,9-71H2,1-8H3,(H,88,89)(H,90,91)/t76-,77-,78-/m1/s1. The molecule has 0 aromatic carbocycles. The highest BCUT2D eigenvalue weighted by Crippen LogP contribution is 2.45. The monoisotopic (exact) mass is 1480 g/mol. The zero-order valence-electron chi connectivity index (χ0n) is 66.5. The van der Waals surface area contributed by atoms with Crippen LogP contribution in [0.4, 0.5) is 0 Å². The van der Waals surface area contributed by atoms with Crippen molar-refractivity contribution in [2.45, 2.75) is 440 Å². The Hall–Kier alpha value is -1.94. The van der Waals surface area contributed by atoms with Gasteiger partial charge in [0.2, 0.25) is 0 Å². The molecular formula is C82H160O17P2. The Morgan fingerprint density at radius 3 is 0.614 bits per heavy atom. The summed E-state index contributed by atoms with van der Waals surface area (Å²) in [6.07, 6.45) is 58.2. The van der Waals surface area contributed by atoms with Crippen LogP contribution in [-0.2, 0) is 65.4 Å². The summed E-state index contributed by atoms with van der Waals surface area (Å²) in [5.74, 6) is 1.00. The van der Waals surface area contributed by atoms with E-state index in [9.17, 15) is 43.2 Å². The zero-order valence-corrected chi connectivity index (χ0v) is 68.3. The molecule has 19 heteroatoms. The Bertz CT molecular complexity index is 1970. The van der Waals surface area contributed by atoms with Crippen molar-refractivity contribution in [3.8, 4) is 0 Å². The molecule has 2 unspecified atom stereocenters. The summed E-state index contributed by atoms with van der Waals surface area (Å²) in [4.78, 5) is 73.1. The van der Waals surface area contributed by atoms with Crippen molar-refractivity contribution in [2.24, 2.45) is 23.7 Å². The number of phosphoric acid groups is 2. The van der Waals surface area contributed by atoms with Gasteiger partial charge in [0.25, 0.3) is 0 Å². The Morgan fingerprint density at radius 1 is 0.248 bits per heavy atom.